The molecule has 0 aliphatic heterocycles. The molecule has 19 heavy (non-hydrogen) atoms. The van der Waals surface area contributed by atoms with E-state index in [1.807, 2.05) is 0 Å². The summed E-state index contributed by atoms with van der Waals surface area (Å²) >= 11 is 0. The molecule has 0 saturated heterocycles. The van der Waals surface area contributed by atoms with Gasteiger partial charge in [0.25, 0.3) is 0 Å². The van der Waals surface area contributed by atoms with E-state index in [-0.39, 0.29) is 31.6 Å². The molecule has 0 spiro atoms. The first-order chi connectivity index (χ1) is 8.59. The zero-order valence-electron chi connectivity index (χ0n) is 10.5. The zero-order chi connectivity index (χ0) is 14.7. The smallest absolute Gasteiger partial charge is 0.327 e. The summed E-state index contributed by atoms with van der Waals surface area (Å²) in [5, 5.41) is 0. The van der Waals surface area contributed by atoms with Crippen molar-refractivity contribution in [1.82, 2.24) is 0 Å². The van der Waals surface area contributed by atoms with Gasteiger partial charge in [0.2, 0.25) is 0 Å². The molecule has 1 aliphatic rings. The molecule has 0 amide bonds. The molecule has 3 atom stereocenters. The highest BCUT2D eigenvalue weighted by molar-refractivity contribution is 4.83. The van der Waals surface area contributed by atoms with E-state index < -0.39 is 30.7 Å². The lowest BCUT2D eigenvalue weighted by Gasteiger charge is -2.33. The van der Waals surface area contributed by atoms with Gasteiger partial charge in [0.05, 0.1) is 5.92 Å². The van der Waals surface area contributed by atoms with Gasteiger partial charge in [-0.1, -0.05) is 6.42 Å². The Morgan fingerprint density at radius 3 is 2.21 bits per heavy atom. The maximum Gasteiger partial charge on any atom is 0.391 e. The lowest BCUT2D eigenvalue weighted by atomic mass is 9.76. The predicted octanol–water partition coefficient (Wildman–Crippen LogP) is 4.42. The molecule has 1 rings (SSSR count). The summed E-state index contributed by atoms with van der Waals surface area (Å²) in [7, 11) is 0. The Morgan fingerprint density at radius 2 is 1.68 bits per heavy atom. The van der Waals surface area contributed by atoms with Crippen LogP contribution in [0.2, 0.25) is 0 Å². The Bertz CT molecular complexity index is 272. The number of nitrogens with two attached hydrogens (primary N) is 1. The predicted molar refractivity (Wildman–Crippen MR) is 59.4 cm³/mol. The van der Waals surface area contributed by atoms with Crippen molar-refractivity contribution in [2.24, 2.45) is 17.6 Å². The van der Waals surface area contributed by atoms with Crippen molar-refractivity contribution < 1.29 is 26.3 Å². The second-order valence-electron chi connectivity index (χ2n) is 5.34. The largest absolute Gasteiger partial charge is 0.391 e. The average Bonchev–Trinajstić information content (AvgIpc) is 2.26. The van der Waals surface area contributed by atoms with Crippen molar-refractivity contribution in [3.8, 4) is 0 Å². The summed E-state index contributed by atoms with van der Waals surface area (Å²) < 4.78 is 73.7. The molecule has 0 aromatic heterocycles. The van der Waals surface area contributed by atoms with Gasteiger partial charge in [0.1, 0.15) is 0 Å². The minimum Gasteiger partial charge on any atom is -0.327 e. The standard InChI is InChI=1S/C12H19F6N/c13-11(14,15)6-2-5-10(19)8-3-1-4-9(7-8)12(16,17)18/h8-10H,1-7,19H2. The molecule has 3 unspecified atom stereocenters. The van der Waals surface area contributed by atoms with E-state index in [0.717, 1.165) is 0 Å². The lowest BCUT2D eigenvalue weighted by molar-refractivity contribution is -0.186. The summed E-state index contributed by atoms with van der Waals surface area (Å²) in [6.07, 6.45) is -8.25. The molecule has 1 fully saturated rings. The van der Waals surface area contributed by atoms with Crippen LogP contribution in [0.1, 0.15) is 44.9 Å². The summed E-state index contributed by atoms with van der Waals surface area (Å²) in [5.74, 6) is -1.66. The van der Waals surface area contributed by atoms with E-state index in [1.54, 1.807) is 0 Å². The van der Waals surface area contributed by atoms with Crippen molar-refractivity contribution in [1.29, 1.82) is 0 Å². The van der Waals surface area contributed by atoms with Crippen LogP contribution in [-0.2, 0) is 0 Å². The first-order valence-corrected chi connectivity index (χ1v) is 6.48. The molecule has 114 valence electrons. The molecule has 0 bridgehead atoms. The molecule has 2 N–H and O–H groups in total. The molecule has 0 heterocycles. The van der Waals surface area contributed by atoms with Gasteiger partial charge in [-0.3, -0.25) is 0 Å². The second-order valence-corrected chi connectivity index (χ2v) is 5.34. The van der Waals surface area contributed by atoms with E-state index >= 15 is 0 Å². The highest BCUT2D eigenvalue weighted by Crippen LogP contribution is 2.41. The molecular formula is C12H19F6N. The van der Waals surface area contributed by atoms with Gasteiger partial charge in [0.15, 0.2) is 0 Å². The Labute approximate surface area is 108 Å². The maximum absolute atomic E-state index is 12.6. The van der Waals surface area contributed by atoms with Crippen LogP contribution >= 0.6 is 0 Å². The monoisotopic (exact) mass is 291 g/mol. The van der Waals surface area contributed by atoms with E-state index in [4.69, 9.17) is 5.73 Å². The highest BCUT2D eigenvalue weighted by Gasteiger charge is 2.43. The quantitative estimate of drug-likeness (QED) is 0.763. The summed E-state index contributed by atoms with van der Waals surface area (Å²) in [4.78, 5) is 0. The topological polar surface area (TPSA) is 26.0 Å². The van der Waals surface area contributed by atoms with Crippen LogP contribution in [0.25, 0.3) is 0 Å². The van der Waals surface area contributed by atoms with Gasteiger partial charge in [0, 0.05) is 12.5 Å². The summed E-state index contributed by atoms with van der Waals surface area (Å²) in [6.45, 7) is 0. The summed E-state index contributed by atoms with van der Waals surface area (Å²) in [5.41, 5.74) is 5.75. The van der Waals surface area contributed by atoms with E-state index in [2.05, 4.69) is 0 Å². The van der Waals surface area contributed by atoms with Gasteiger partial charge in [-0.05, 0) is 38.0 Å². The molecule has 1 saturated carbocycles. The van der Waals surface area contributed by atoms with E-state index in [1.165, 1.54) is 0 Å². The van der Waals surface area contributed by atoms with Crippen LogP contribution in [0, 0.1) is 11.8 Å². The fourth-order valence-electron chi connectivity index (χ4n) is 2.69. The SMILES string of the molecule is NC(CCCC(F)(F)F)C1CCCC(C(F)(F)F)C1. The summed E-state index contributed by atoms with van der Waals surface area (Å²) in [6, 6.07) is -0.562. The molecular weight excluding hydrogens is 272 g/mol. The molecule has 0 aromatic carbocycles. The molecule has 0 aromatic rings. The molecule has 1 aliphatic carbocycles. The Hall–Kier alpha value is -0.460. The van der Waals surface area contributed by atoms with Crippen molar-refractivity contribution in [3.63, 3.8) is 0 Å². The van der Waals surface area contributed by atoms with Crippen LogP contribution in [-0.4, -0.2) is 18.4 Å². The van der Waals surface area contributed by atoms with Crippen LogP contribution < -0.4 is 5.73 Å². The normalized spacial score (nSPS) is 27.3. The Morgan fingerprint density at radius 1 is 1.05 bits per heavy atom. The minimum absolute atomic E-state index is 0.0450. The number of halogens is 6. The van der Waals surface area contributed by atoms with Crippen molar-refractivity contribution in [2.75, 3.05) is 0 Å². The van der Waals surface area contributed by atoms with Crippen molar-refractivity contribution in [3.05, 3.63) is 0 Å². The van der Waals surface area contributed by atoms with Gasteiger partial charge >= 0.3 is 12.4 Å². The fourth-order valence-corrected chi connectivity index (χ4v) is 2.69. The first kappa shape index (κ1) is 16.6. The number of hydrogen-bond acceptors (Lipinski definition) is 1. The molecule has 1 nitrogen and oxygen atoms in total. The van der Waals surface area contributed by atoms with Gasteiger partial charge < -0.3 is 5.73 Å². The third-order valence-corrected chi connectivity index (χ3v) is 3.78. The first-order valence-electron chi connectivity index (χ1n) is 6.48. The van der Waals surface area contributed by atoms with Crippen LogP contribution in [0.4, 0.5) is 26.3 Å². The van der Waals surface area contributed by atoms with E-state index in [0.29, 0.717) is 12.8 Å². The number of rotatable bonds is 4. The zero-order valence-corrected chi connectivity index (χ0v) is 10.5. The average molecular weight is 291 g/mol. The molecule has 0 radical (unpaired) electrons. The fraction of sp³-hybridized carbons (Fsp3) is 1.00. The maximum atomic E-state index is 12.6. The van der Waals surface area contributed by atoms with Crippen molar-refractivity contribution in [2.45, 2.75) is 63.3 Å². The van der Waals surface area contributed by atoms with Crippen LogP contribution in [0.5, 0.6) is 0 Å². The van der Waals surface area contributed by atoms with E-state index in [9.17, 15) is 26.3 Å². The van der Waals surface area contributed by atoms with Crippen LogP contribution in [0.3, 0.4) is 0 Å². The van der Waals surface area contributed by atoms with Gasteiger partial charge in [-0.15, -0.1) is 0 Å². The Kier molecular flexibility index (Phi) is 5.53. The number of alkyl halides is 6. The second kappa shape index (κ2) is 6.33. The van der Waals surface area contributed by atoms with Crippen LogP contribution in [0.15, 0.2) is 0 Å². The third kappa shape index (κ3) is 6.01. The molecule has 7 heteroatoms. The minimum atomic E-state index is -4.22. The van der Waals surface area contributed by atoms with Crippen molar-refractivity contribution >= 4 is 0 Å². The number of hydrogen-bond donors (Lipinski definition) is 1. The third-order valence-electron chi connectivity index (χ3n) is 3.78. The highest BCUT2D eigenvalue weighted by atomic mass is 19.4. The van der Waals surface area contributed by atoms with Gasteiger partial charge in [-0.2, -0.15) is 26.3 Å². The Balaban J connectivity index is 2.38. The van der Waals surface area contributed by atoms with Gasteiger partial charge in [-0.25, -0.2) is 0 Å². The lowest BCUT2D eigenvalue weighted by Crippen LogP contribution is -2.37.